The molecule has 32 heavy (non-hydrogen) atoms. The molecule has 3 rings (SSSR count). The molecule has 1 N–H and O–H groups in total. The third-order valence-electron chi connectivity index (χ3n) is 4.63. The first-order valence-electron chi connectivity index (χ1n) is 9.39. The van der Waals surface area contributed by atoms with E-state index >= 15 is 0 Å². The van der Waals surface area contributed by atoms with Crippen molar-refractivity contribution in [3.8, 4) is 0 Å². The molecule has 9 nitrogen and oxygen atoms in total. The minimum Gasteiger partial charge on any atom is -0.379 e. The average molecular weight is 550 g/mol. The maximum absolute atomic E-state index is 14.0. The van der Waals surface area contributed by atoms with Gasteiger partial charge < -0.3 is 10.1 Å². The van der Waals surface area contributed by atoms with Gasteiger partial charge in [0.1, 0.15) is 12.4 Å². The summed E-state index contributed by atoms with van der Waals surface area (Å²) in [5.41, 5.74) is -0.00143. The lowest BCUT2D eigenvalue weighted by molar-refractivity contribution is -0.114. The summed E-state index contributed by atoms with van der Waals surface area (Å²) in [5.74, 6) is -1.45. The van der Waals surface area contributed by atoms with E-state index in [1.807, 2.05) is 0 Å². The van der Waals surface area contributed by atoms with Gasteiger partial charge in [-0.3, -0.25) is 9.10 Å². The van der Waals surface area contributed by atoms with Crippen LogP contribution in [0, 0.1) is 5.82 Å². The number of halogens is 2. The SMILES string of the molecule is CS(=O)(=O)N(CC(=O)Nc1ccc(Br)cc1F)c1ccc(S(=O)(=O)N2CCOCC2)cc1. The minimum atomic E-state index is -3.90. The molecule has 1 aliphatic heterocycles. The summed E-state index contributed by atoms with van der Waals surface area (Å²) in [7, 11) is -7.65. The van der Waals surface area contributed by atoms with Crippen molar-refractivity contribution in [3.63, 3.8) is 0 Å². The number of hydrogen-bond donors (Lipinski definition) is 1. The van der Waals surface area contributed by atoms with Crippen molar-refractivity contribution >= 4 is 53.3 Å². The lowest BCUT2D eigenvalue weighted by atomic mass is 10.3. The molecular weight excluding hydrogens is 529 g/mol. The predicted molar refractivity (Wildman–Crippen MR) is 121 cm³/mol. The van der Waals surface area contributed by atoms with Crippen molar-refractivity contribution < 1.29 is 30.8 Å². The lowest BCUT2D eigenvalue weighted by Gasteiger charge is -2.26. The predicted octanol–water partition coefficient (Wildman–Crippen LogP) is 2.01. The Morgan fingerprint density at radius 2 is 1.75 bits per heavy atom. The fraction of sp³-hybridized carbons (Fsp3) is 0.316. The van der Waals surface area contributed by atoms with E-state index in [4.69, 9.17) is 4.74 Å². The smallest absolute Gasteiger partial charge is 0.245 e. The number of carbonyl (C=O) groups excluding carboxylic acids is 1. The van der Waals surface area contributed by atoms with Crippen LogP contribution in [-0.2, 0) is 29.6 Å². The zero-order valence-corrected chi connectivity index (χ0v) is 20.2. The van der Waals surface area contributed by atoms with E-state index in [0.717, 1.165) is 16.6 Å². The van der Waals surface area contributed by atoms with Gasteiger partial charge in [-0.2, -0.15) is 4.31 Å². The number of ether oxygens (including phenoxy) is 1. The first kappa shape index (κ1) is 24.6. The van der Waals surface area contributed by atoms with Crippen LogP contribution in [0.15, 0.2) is 51.8 Å². The van der Waals surface area contributed by atoms with Gasteiger partial charge in [-0.05, 0) is 42.5 Å². The first-order chi connectivity index (χ1) is 15.0. The quantitative estimate of drug-likeness (QED) is 0.565. The van der Waals surface area contributed by atoms with Crippen molar-refractivity contribution in [3.05, 3.63) is 52.8 Å². The molecule has 1 amide bonds. The largest absolute Gasteiger partial charge is 0.379 e. The summed E-state index contributed by atoms with van der Waals surface area (Å²) in [6.07, 6.45) is 0.916. The molecular formula is C19H21BrFN3O6S2. The molecule has 2 aromatic carbocycles. The van der Waals surface area contributed by atoms with E-state index < -0.39 is 38.3 Å². The van der Waals surface area contributed by atoms with Crippen LogP contribution in [0.25, 0.3) is 0 Å². The molecule has 0 spiro atoms. The molecule has 0 bridgehead atoms. The molecule has 1 heterocycles. The first-order valence-corrected chi connectivity index (χ1v) is 13.5. The summed E-state index contributed by atoms with van der Waals surface area (Å²) in [4.78, 5) is 12.4. The molecule has 0 radical (unpaired) electrons. The van der Waals surface area contributed by atoms with Gasteiger partial charge >= 0.3 is 0 Å². The Morgan fingerprint density at radius 3 is 2.31 bits per heavy atom. The highest BCUT2D eigenvalue weighted by molar-refractivity contribution is 9.10. The fourth-order valence-electron chi connectivity index (χ4n) is 3.03. The second-order valence-electron chi connectivity index (χ2n) is 6.95. The Hall–Kier alpha value is -2.06. The van der Waals surface area contributed by atoms with Gasteiger partial charge in [0.05, 0.1) is 35.7 Å². The molecule has 13 heteroatoms. The number of nitrogens with one attached hydrogen (secondary N) is 1. The summed E-state index contributed by atoms with van der Waals surface area (Å²) >= 11 is 3.11. The number of benzene rings is 2. The highest BCUT2D eigenvalue weighted by Gasteiger charge is 2.27. The molecule has 0 saturated carbocycles. The van der Waals surface area contributed by atoms with Crippen LogP contribution >= 0.6 is 15.9 Å². The second-order valence-corrected chi connectivity index (χ2v) is 11.7. The monoisotopic (exact) mass is 549 g/mol. The number of hydrogen-bond acceptors (Lipinski definition) is 6. The number of morpholine rings is 1. The van der Waals surface area contributed by atoms with Gasteiger partial charge in [0.15, 0.2) is 0 Å². The Morgan fingerprint density at radius 1 is 1.12 bits per heavy atom. The average Bonchev–Trinajstić information content (AvgIpc) is 2.74. The summed E-state index contributed by atoms with van der Waals surface area (Å²) in [6, 6.07) is 9.21. The number of carbonyl (C=O) groups is 1. The van der Waals surface area contributed by atoms with Crippen LogP contribution < -0.4 is 9.62 Å². The van der Waals surface area contributed by atoms with Crippen molar-refractivity contribution in [1.29, 1.82) is 0 Å². The molecule has 0 aliphatic carbocycles. The Kier molecular flexibility index (Phi) is 7.55. The Balaban J connectivity index is 1.79. The zero-order chi connectivity index (χ0) is 23.5. The topological polar surface area (TPSA) is 113 Å². The van der Waals surface area contributed by atoms with Crippen molar-refractivity contribution in [2.45, 2.75) is 4.90 Å². The van der Waals surface area contributed by atoms with Gasteiger partial charge in [0.2, 0.25) is 26.0 Å². The third kappa shape index (κ3) is 5.84. The Labute approximate surface area is 194 Å². The van der Waals surface area contributed by atoms with E-state index in [1.54, 1.807) is 0 Å². The minimum absolute atomic E-state index is 0.00186. The molecule has 0 atom stereocenters. The van der Waals surface area contributed by atoms with Crippen LogP contribution in [0.1, 0.15) is 0 Å². The van der Waals surface area contributed by atoms with Crippen molar-refractivity contribution in [2.75, 3.05) is 48.7 Å². The fourth-order valence-corrected chi connectivity index (χ4v) is 5.63. The zero-order valence-electron chi connectivity index (χ0n) is 17.0. The van der Waals surface area contributed by atoms with Gasteiger partial charge in [-0.15, -0.1) is 0 Å². The maximum atomic E-state index is 14.0. The highest BCUT2D eigenvalue weighted by Crippen LogP contribution is 2.24. The maximum Gasteiger partial charge on any atom is 0.245 e. The van der Waals surface area contributed by atoms with Gasteiger partial charge in [-0.1, -0.05) is 15.9 Å². The van der Waals surface area contributed by atoms with Crippen LogP contribution in [0.5, 0.6) is 0 Å². The van der Waals surface area contributed by atoms with Crippen LogP contribution in [0.4, 0.5) is 15.8 Å². The number of rotatable bonds is 7. The standard InChI is InChI=1S/C19H21BrFN3O6S2/c1-31(26,27)24(13-19(25)22-18-7-2-14(20)12-17(18)21)15-3-5-16(6-4-15)32(28,29)23-8-10-30-11-9-23/h2-7,12H,8-11,13H2,1H3,(H,22,25). The van der Waals surface area contributed by atoms with E-state index in [-0.39, 0.29) is 29.4 Å². The van der Waals surface area contributed by atoms with Gasteiger partial charge in [0.25, 0.3) is 0 Å². The normalized spacial score (nSPS) is 15.3. The lowest BCUT2D eigenvalue weighted by Crippen LogP contribution is -2.40. The Bertz CT molecular complexity index is 1200. The highest BCUT2D eigenvalue weighted by atomic mass is 79.9. The van der Waals surface area contributed by atoms with Crippen LogP contribution in [0.2, 0.25) is 0 Å². The molecule has 2 aromatic rings. The third-order valence-corrected chi connectivity index (χ3v) is 8.17. The van der Waals surface area contributed by atoms with Crippen LogP contribution in [0.3, 0.4) is 0 Å². The summed E-state index contributed by atoms with van der Waals surface area (Å²) in [5, 5.41) is 2.33. The molecule has 0 unspecified atom stereocenters. The number of sulfonamides is 2. The van der Waals surface area contributed by atoms with E-state index in [9.17, 15) is 26.0 Å². The van der Waals surface area contributed by atoms with E-state index in [1.165, 1.54) is 40.7 Å². The summed E-state index contributed by atoms with van der Waals surface area (Å²) in [6.45, 7) is 0.434. The van der Waals surface area contributed by atoms with Crippen molar-refractivity contribution in [1.82, 2.24) is 4.31 Å². The van der Waals surface area contributed by atoms with Crippen molar-refractivity contribution in [2.24, 2.45) is 0 Å². The van der Waals surface area contributed by atoms with Gasteiger partial charge in [-0.25, -0.2) is 21.2 Å². The molecule has 1 aliphatic rings. The van der Waals surface area contributed by atoms with Crippen LogP contribution in [-0.4, -0.2) is 66.2 Å². The number of anilines is 2. The van der Waals surface area contributed by atoms with E-state index in [2.05, 4.69) is 21.2 Å². The van der Waals surface area contributed by atoms with Gasteiger partial charge in [0, 0.05) is 17.6 Å². The number of amides is 1. The molecule has 0 aromatic heterocycles. The second kappa shape index (κ2) is 9.83. The molecule has 174 valence electrons. The molecule has 1 fully saturated rings. The molecule has 1 saturated heterocycles. The van der Waals surface area contributed by atoms with E-state index in [0.29, 0.717) is 17.7 Å². The number of nitrogens with zero attached hydrogens (tertiary/aromatic N) is 2. The summed E-state index contributed by atoms with van der Waals surface area (Å²) < 4.78 is 71.8.